The highest BCUT2D eigenvalue weighted by atomic mass is 79.9. The van der Waals surface area contributed by atoms with Crippen molar-refractivity contribution in [2.24, 2.45) is 5.92 Å². The van der Waals surface area contributed by atoms with Crippen molar-refractivity contribution >= 4 is 38.9 Å². The molecule has 3 rings (SSSR count). The Hall–Kier alpha value is 0.430. The van der Waals surface area contributed by atoms with Crippen LogP contribution in [-0.4, -0.2) is 12.2 Å². The van der Waals surface area contributed by atoms with E-state index in [0.717, 1.165) is 5.02 Å². The van der Waals surface area contributed by atoms with Gasteiger partial charge >= 0.3 is 0 Å². The minimum absolute atomic E-state index is 0.375. The molecule has 4 unspecified atom stereocenters. The van der Waals surface area contributed by atoms with E-state index in [-0.39, 0.29) is 0 Å². The first-order valence-electron chi connectivity index (χ1n) is 5.28. The quantitative estimate of drug-likeness (QED) is 0.736. The third kappa shape index (κ3) is 1.78. The van der Waals surface area contributed by atoms with E-state index in [1.165, 1.54) is 24.1 Å². The van der Waals surface area contributed by atoms with Crippen LogP contribution in [0, 0.1) is 5.92 Å². The molecule has 0 aromatic carbocycles. The van der Waals surface area contributed by atoms with Gasteiger partial charge in [0.1, 0.15) is 0 Å². The molecule has 1 aromatic rings. The Bertz CT molecular complexity index is 367. The fraction of sp³-hybridized carbons (Fsp3) is 0.636. The molecule has 2 fully saturated rings. The zero-order valence-electron chi connectivity index (χ0n) is 8.16. The maximum atomic E-state index is 6.15. The number of thiophene rings is 1. The van der Waals surface area contributed by atoms with Crippen LogP contribution in [0.3, 0.4) is 0 Å². The van der Waals surface area contributed by atoms with Gasteiger partial charge in [-0.15, -0.1) is 11.3 Å². The summed E-state index contributed by atoms with van der Waals surface area (Å²) in [5.74, 6) is 0.611. The van der Waals surface area contributed by atoms with Gasteiger partial charge in [0.25, 0.3) is 0 Å². The van der Waals surface area contributed by atoms with Gasteiger partial charge in [-0.05, 0) is 30.7 Å². The van der Waals surface area contributed by atoms with Crippen LogP contribution >= 0.6 is 38.9 Å². The molecule has 4 heteroatoms. The second-order valence-electron chi connectivity index (χ2n) is 4.31. The molecular formula is C11H12BrClOS. The molecule has 2 aliphatic rings. The SMILES string of the molecule is Clc1ccsc1C(Br)C1CC2CCC1O2. The summed E-state index contributed by atoms with van der Waals surface area (Å²) in [4.78, 5) is 1.64. The van der Waals surface area contributed by atoms with Gasteiger partial charge < -0.3 is 4.74 Å². The van der Waals surface area contributed by atoms with Crippen LogP contribution in [0.25, 0.3) is 0 Å². The predicted octanol–water partition coefficient (Wildman–Crippen LogP) is 4.41. The lowest BCUT2D eigenvalue weighted by Crippen LogP contribution is -2.20. The summed E-state index contributed by atoms with van der Waals surface area (Å²) in [5, 5.41) is 2.95. The standard InChI is InChI=1S/C11H12BrClOS/c12-10(11-8(13)3-4-15-11)7-5-6-1-2-9(7)14-6/h3-4,6-7,9-10H,1-2,5H2. The maximum Gasteiger partial charge on any atom is 0.0623 e. The van der Waals surface area contributed by atoms with E-state index in [0.29, 0.717) is 23.0 Å². The van der Waals surface area contributed by atoms with Crippen molar-refractivity contribution < 1.29 is 4.74 Å². The molecular weight excluding hydrogens is 296 g/mol. The summed E-state index contributed by atoms with van der Waals surface area (Å²) < 4.78 is 5.88. The minimum atomic E-state index is 0.375. The Morgan fingerprint density at radius 3 is 2.93 bits per heavy atom. The number of hydrogen-bond acceptors (Lipinski definition) is 2. The van der Waals surface area contributed by atoms with Gasteiger partial charge in [0.15, 0.2) is 0 Å². The fourth-order valence-corrected chi connectivity index (χ4v) is 5.17. The van der Waals surface area contributed by atoms with E-state index in [2.05, 4.69) is 21.3 Å². The smallest absolute Gasteiger partial charge is 0.0623 e. The Morgan fingerprint density at radius 1 is 1.53 bits per heavy atom. The van der Waals surface area contributed by atoms with Crippen LogP contribution in [0.2, 0.25) is 5.02 Å². The molecule has 0 saturated carbocycles. The van der Waals surface area contributed by atoms with Gasteiger partial charge in [-0.2, -0.15) is 0 Å². The van der Waals surface area contributed by atoms with Gasteiger partial charge in [0.2, 0.25) is 0 Å². The van der Waals surface area contributed by atoms with Gasteiger partial charge in [-0.1, -0.05) is 27.5 Å². The van der Waals surface area contributed by atoms with Crippen molar-refractivity contribution in [2.45, 2.75) is 36.3 Å². The van der Waals surface area contributed by atoms with Gasteiger partial charge in [0, 0.05) is 10.8 Å². The topological polar surface area (TPSA) is 9.23 Å². The van der Waals surface area contributed by atoms with E-state index in [1.54, 1.807) is 11.3 Å². The van der Waals surface area contributed by atoms with Gasteiger partial charge in [-0.3, -0.25) is 0 Å². The predicted molar refractivity (Wildman–Crippen MR) is 67.0 cm³/mol. The maximum absolute atomic E-state index is 6.15. The lowest BCUT2D eigenvalue weighted by Gasteiger charge is -2.23. The number of hydrogen-bond donors (Lipinski definition) is 0. The molecule has 3 heterocycles. The first-order chi connectivity index (χ1) is 7.25. The largest absolute Gasteiger partial charge is 0.375 e. The van der Waals surface area contributed by atoms with Crippen molar-refractivity contribution in [2.75, 3.05) is 0 Å². The molecule has 0 N–H and O–H groups in total. The van der Waals surface area contributed by atoms with Crippen LogP contribution in [0.4, 0.5) is 0 Å². The molecule has 2 aliphatic heterocycles. The molecule has 0 spiro atoms. The van der Waals surface area contributed by atoms with Crippen molar-refractivity contribution in [1.82, 2.24) is 0 Å². The lowest BCUT2D eigenvalue weighted by atomic mass is 9.86. The van der Waals surface area contributed by atoms with E-state index in [4.69, 9.17) is 16.3 Å². The number of ether oxygens (including phenoxy) is 1. The van der Waals surface area contributed by atoms with Crippen LogP contribution in [0.15, 0.2) is 11.4 Å². The molecule has 0 amide bonds. The summed E-state index contributed by atoms with van der Waals surface area (Å²) in [6, 6.07) is 1.98. The molecule has 0 aliphatic carbocycles. The van der Waals surface area contributed by atoms with Crippen LogP contribution in [0.5, 0.6) is 0 Å². The second-order valence-corrected chi connectivity index (χ2v) is 6.65. The van der Waals surface area contributed by atoms with Crippen molar-refractivity contribution in [3.8, 4) is 0 Å². The summed E-state index contributed by atoms with van der Waals surface area (Å²) in [6.07, 6.45) is 4.63. The summed E-state index contributed by atoms with van der Waals surface area (Å²) in [7, 11) is 0. The molecule has 0 radical (unpaired) electrons. The summed E-state index contributed by atoms with van der Waals surface area (Å²) in [5.41, 5.74) is 0. The highest BCUT2D eigenvalue weighted by Crippen LogP contribution is 2.50. The van der Waals surface area contributed by atoms with Gasteiger partial charge in [0.05, 0.1) is 22.1 Å². The zero-order valence-corrected chi connectivity index (χ0v) is 11.3. The molecule has 82 valence electrons. The Morgan fingerprint density at radius 2 is 2.40 bits per heavy atom. The monoisotopic (exact) mass is 306 g/mol. The number of alkyl halides is 1. The van der Waals surface area contributed by atoms with Crippen molar-refractivity contribution in [3.63, 3.8) is 0 Å². The van der Waals surface area contributed by atoms with E-state index in [9.17, 15) is 0 Å². The Kier molecular flexibility index (Phi) is 2.84. The van der Waals surface area contributed by atoms with E-state index < -0.39 is 0 Å². The summed E-state index contributed by atoms with van der Waals surface area (Å²) in [6.45, 7) is 0. The fourth-order valence-electron chi connectivity index (χ4n) is 2.68. The Balaban J connectivity index is 1.81. The number of rotatable bonds is 2. The molecule has 2 saturated heterocycles. The van der Waals surface area contributed by atoms with Crippen molar-refractivity contribution in [3.05, 3.63) is 21.3 Å². The molecule has 2 bridgehead atoms. The highest BCUT2D eigenvalue weighted by molar-refractivity contribution is 9.09. The zero-order chi connectivity index (χ0) is 10.4. The molecule has 1 nitrogen and oxygen atoms in total. The third-order valence-corrected chi connectivity index (χ3v) is 6.31. The average Bonchev–Trinajstić information content (AvgIpc) is 2.91. The first kappa shape index (κ1) is 10.6. The van der Waals surface area contributed by atoms with Crippen LogP contribution < -0.4 is 0 Å². The van der Waals surface area contributed by atoms with Crippen LogP contribution in [-0.2, 0) is 4.74 Å². The second kappa shape index (κ2) is 4.02. The van der Waals surface area contributed by atoms with E-state index >= 15 is 0 Å². The van der Waals surface area contributed by atoms with Crippen molar-refractivity contribution in [1.29, 1.82) is 0 Å². The lowest BCUT2D eigenvalue weighted by molar-refractivity contribution is 0.0925. The molecule has 1 aromatic heterocycles. The normalized spacial score (nSPS) is 36.0. The molecule has 15 heavy (non-hydrogen) atoms. The average molecular weight is 308 g/mol. The van der Waals surface area contributed by atoms with Gasteiger partial charge in [-0.25, -0.2) is 0 Å². The van der Waals surface area contributed by atoms with Crippen LogP contribution in [0.1, 0.15) is 29.0 Å². The highest BCUT2D eigenvalue weighted by Gasteiger charge is 2.44. The van der Waals surface area contributed by atoms with E-state index in [1.807, 2.05) is 6.07 Å². The minimum Gasteiger partial charge on any atom is -0.375 e. The third-order valence-electron chi connectivity index (χ3n) is 3.42. The number of fused-ring (bicyclic) bond motifs is 2. The Labute approximate surface area is 107 Å². The first-order valence-corrected chi connectivity index (χ1v) is 7.45. The summed E-state index contributed by atoms with van der Waals surface area (Å²) >= 11 is 11.7. The molecule has 4 atom stereocenters. The number of halogens is 2.